The molecule has 2 aliphatic rings. The van der Waals surface area contributed by atoms with Crippen molar-refractivity contribution in [2.24, 2.45) is 0 Å². The van der Waals surface area contributed by atoms with Crippen LogP contribution in [0.1, 0.15) is 57.2 Å². The zero-order chi connectivity index (χ0) is 15.9. The fourth-order valence-corrected chi connectivity index (χ4v) is 3.77. The summed E-state index contributed by atoms with van der Waals surface area (Å²) in [6.07, 6.45) is 3.35. The van der Waals surface area contributed by atoms with Crippen LogP contribution < -0.4 is 0 Å². The molecule has 22 heavy (non-hydrogen) atoms. The van der Waals surface area contributed by atoms with E-state index in [2.05, 4.69) is 17.1 Å². The highest BCUT2D eigenvalue weighted by atomic mass is 19.1. The Morgan fingerprint density at radius 3 is 2.50 bits per heavy atom. The number of fused-ring (bicyclic) bond motifs is 5. The van der Waals surface area contributed by atoms with Gasteiger partial charge in [-0.05, 0) is 48.9 Å². The molecule has 0 radical (unpaired) electrons. The largest absolute Gasteiger partial charge is 0.206 e. The third-order valence-corrected chi connectivity index (χ3v) is 4.80. The van der Waals surface area contributed by atoms with Gasteiger partial charge in [-0.3, -0.25) is 0 Å². The maximum absolute atomic E-state index is 13.8. The van der Waals surface area contributed by atoms with E-state index >= 15 is 0 Å². The fourth-order valence-electron chi connectivity index (χ4n) is 3.77. The molecule has 116 valence electrons. The normalized spacial score (nSPS) is 24.7. The summed E-state index contributed by atoms with van der Waals surface area (Å²) < 4.78 is 27.7. The van der Waals surface area contributed by atoms with Crippen molar-refractivity contribution in [3.63, 3.8) is 0 Å². The molecule has 2 aromatic rings. The Hall–Kier alpha value is -1.84. The van der Waals surface area contributed by atoms with Crippen molar-refractivity contribution in [3.05, 3.63) is 47.2 Å². The van der Waals surface area contributed by atoms with Gasteiger partial charge in [-0.15, -0.1) is 0 Å². The van der Waals surface area contributed by atoms with Crippen LogP contribution in [0.3, 0.4) is 0 Å². The zero-order valence-corrected chi connectivity index (χ0v) is 13.2. The topological polar surface area (TPSA) is 25.8 Å². The summed E-state index contributed by atoms with van der Waals surface area (Å²) in [7, 11) is 0. The summed E-state index contributed by atoms with van der Waals surface area (Å²) in [5.74, 6) is -0.707. The van der Waals surface area contributed by atoms with E-state index in [-0.39, 0.29) is 11.0 Å². The maximum atomic E-state index is 13.8. The lowest BCUT2D eigenvalue weighted by Crippen LogP contribution is -2.18. The molecular weight excluding hydrogens is 282 g/mol. The molecule has 4 heteroatoms. The number of hydrogen-bond acceptors (Lipinski definition) is 2. The smallest absolute Gasteiger partial charge is 0.135 e. The lowest BCUT2D eigenvalue weighted by molar-refractivity contribution is 0.484. The fraction of sp³-hybridized carbons (Fsp3) is 0.444. The van der Waals surface area contributed by atoms with Crippen LogP contribution in [0, 0.1) is 11.6 Å². The van der Waals surface area contributed by atoms with E-state index in [9.17, 15) is 8.78 Å². The molecule has 2 atom stereocenters. The molecule has 0 unspecified atom stereocenters. The SMILES string of the molecule is CC.C[C@@]12CC[C@@H](C1)c1cc(-c3c(F)cccc3F)nnc12. The number of rotatable bonds is 1. The number of halogens is 2. The number of nitrogens with zero attached hydrogens (tertiary/aromatic N) is 2. The summed E-state index contributed by atoms with van der Waals surface area (Å²) in [5.41, 5.74) is 2.49. The van der Waals surface area contributed by atoms with Gasteiger partial charge in [-0.2, -0.15) is 10.2 Å². The predicted octanol–water partition coefficient (Wildman–Crippen LogP) is 4.99. The average Bonchev–Trinajstić information content (AvgIpc) is 3.04. The number of aromatic nitrogens is 2. The molecule has 2 aliphatic carbocycles. The van der Waals surface area contributed by atoms with Gasteiger partial charge in [-0.25, -0.2) is 8.78 Å². The van der Waals surface area contributed by atoms with E-state index in [4.69, 9.17) is 0 Å². The van der Waals surface area contributed by atoms with E-state index in [0.717, 1.165) is 30.5 Å². The average molecular weight is 302 g/mol. The summed E-state index contributed by atoms with van der Waals surface area (Å²) in [6, 6.07) is 5.69. The van der Waals surface area contributed by atoms with Crippen molar-refractivity contribution >= 4 is 0 Å². The van der Waals surface area contributed by atoms with Crippen LogP contribution in [0.15, 0.2) is 24.3 Å². The van der Waals surface area contributed by atoms with Crippen LogP contribution in [0.5, 0.6) is 0 Å². The summed E-state index contributed by atoms with van der Waals surface area (Å²) in [6.45, 7) is 6.21. The van der Waals surface area contributed by atoms with Gasteiger partial charge in [0.25, 0.3) is 0 Å². The molecule has 0 N–H and O–H groups in total. The van der Waals surface area contributed by atoms with Crippen LogP contribution in [0.25, 0.3) is 11.3 Å². The Morgan fingerprint density at radius 2 is 1.82 bits per heavy atom. The summed E-state index contributed by atoms with van der Waals surface area (Å²) >= 11 is 0. The van der Waals surface area contributed by atoms with Crippen molar-refractivity contribution in [2.45, 2.75) is 51.4 Å². The van der Waals surface area contributed by atoms with E-state index in [1.807, 2.05) is 19.9 Å². The molecule has 0 aliphatic heterocycles. The Bertz CT molecular complexity index is 694. The van der Waals surface area contributed by atoms with Gasteiger partial charge in [0.05, 0.1) is 17.0 Å². The van der Waals surface area contributed by atoms with Gasteiger partial charge in [-0.1, -0.05) is 26.8 Å². The monoisotopic (exact) mass is 302 g/mol. The first-order valence-corrected chi connectivity index (χ1v) is 7.91. The molecule has 1 fully saturated rings. The standard InChI is InChI=1S/C16H14F2N2.C2H6/c1-16-6-5-9(8-16)10-7-13(19-20-15(10)16)14-11(17)3-2-4-12(14)18;1-2/h2-4,7,9H,5-6,8H2,1H3;1-2H3/t9-,16+;/m0./s1. The van der Waals surface area contributed by atoms with Crippen molar-refractivity contribution in [2.75, 3.05) is 0 Å². The molecule has 1 saturated carbocycles. The van der Waals surface area contributed by atoms with Crippen molar-refractivity contribution in [3.8, 4) is 11.3 Å². The van der Waals surface area contributed by atoms with E-state index in [1.54, 1.807) is 0 Å². The Kier molecular flexibility index (Phi) is 3.71. The second kappa shape index (κ2) is 5.41. The van der Waals surface area contributed by atoms with Gasteiger partial charge < -0.3 is 0 Å². The lowest BCUT2D eigenvalue weighted by Gasteiger charge is -2.22. The molecule has 2 nitrogen and oxygen atoms in total. The van der Waals surface area contributed by atoms with E-state index < -0.39 is 11.6 Å². The van der Waals surface area contributed by atoms with Gasteiger partial charge in [0.1, 0.15) is 11.6 Å². The first kappa shape index (κ1) is 15.1. The highest BCUT2D eigenvalue weighted by molar-refractivity contribution is 5.62. The van der Waals surface area contributed by atoms with E-state index in [0.29, 0.717) is 11.6 Å². The maximum Gasteiger partial charge on any atom is 0.135 e. The Morgan fingerprint density at radius 1 is 1.14 bits per heavy atom. The number of hydrogen-bond donors (Lipinski definition) is 0. The second-order valence-corrected chi connectivity index (χ2v) is 6.13. The molecule has 1 aromatic heterocycles. The minimum absolute atomic E-state index is 0.0734. The van der Waals surface area contributed by atoms with Crippen molar-refractivity contribution in [1.29, 1.82) is 0 Å². The minimum Gasteiger partial charge on any atom is -0.206 e. The Balaban J connectivity index is 0.000000693. The van der Waals surface area contributed by atoms with E-state index in [1.165, 1.54) is 18.2 Å². The highest BCUT2D eigenvalue weighted by Gasteiger charge is 2.47. The third kappa shape index (κ3) is 2.13. The molecule has 0 spiro atoms. The molecule has 2 bridgehead atoms. The van der Waals surface area contributed by atoms with Gasteiger partial charge in [0.2, 0.25) is 0 Å². The zero-order valence-electron chi connectivity index (χ0n) is 13.2. The van der Waals surface area contributed by atoms with Crippen molar-refractivity contribution < 1.29 is 8.78 Å². The van der Waals surface area contributed by atoms with Crippen molar-refractivity contribution in [1.82, 2.24) is 10.2 Å². The van der Waals surface area contributed by atoms with Crippen LogP contribution in [0.2, 0.25) is 0 Å². The third-order valence-electron chi connectivity index (χ3n) is 4.80. The lowest BCUT2D eigenvalue weighted by atomic mass is 9.85. The molecule has 4 rings (SSSR count). The van der Waals surface area contributed by atoms with Crippen LogP contribution >= 0.6 is 0 Å². The van der Waals surface area contributed by atoms with Crippen LogP contribution in [0.4, 0.5) is 8.78 Å². The first-order chi connectivity index (χ1) is 10.6. The highest BCUT2D eigenvalue weighted by Crippen LogP contribution is 2.56. The predicted molar refractivity (Wildman–Crippen MR) is 82.7 cm³/mol. The summed E-state index contributed by atoms with van der Waals surface area (Å²) in [4.78, 5) is 0. The molecular formula is C18H20F2N2. The van der Waals surface area contributed by atoms with Crippen LogP contribution in [-0.4, -0.2) is 10.2 Å². The minimum atomic E-state index is -0.589. The first-order valence-electron chi connectivity index (χ1n) is 7.91. The second-order valence-electron chi connectivity index (χ2n) is 6.13. The molecule has 1 heterocycles. The molecule has 0 amide bonds. The van der Waals surface area contributed by atoms with Gasteiger partial charge in [0.15, 0.2) is 0 Å². The quantitative estimate of drug-likeness (QED) is 0.742. The van der Waals surface area contributed by atoms with Gasteiger partial charge in [0, 0.05) is 5.41 Å². The van der Waals surface area contributed by atoms with Gasteiger partial charge >= 0.3 is 0 Å². The summed E-state index contributed by atoms with van der Waals surface area (Å²) in [5, 5.41) is 8.37. The Labute approximate surface area is 129 Å². The van der Waals surface area contributed by atoms with Crippen LogP contribution in [-0.2, 0) is 5.41 Å². The molecule has 0 saturated heterocycles. The number of benzene rings is 1. The molecule has 1 aromatic carbocycles.